The molecule has 1 heterocycles. The van der Waals surface area contributed by atoms with Crippen LogP contribution in [0, 0.1) is 32.1 Å². The summed E-state index contributed by atoms with van der Waals surface area (Å²) in [5.74, 6) is 0.259. The van der Waals surface area contributed by atoms with Gasteiger partial charge in [0, 0.05) is 16.7 Å². The van der Waals surface area contributed by atoms with Crippen LogP contribution in [-0.4, -0.2) is 16.5 Å². The summed E-state index contributed by atoms with van der Waals surface area (Å²) in [6, 6.07) is 28.1. The van der Waals surface area contributed by atoms with E-state index in [2.05, 4.69) is 19.1 Å². The molecule has 4 aromatic rings. The molecular formula is C29H24N2OS. The molecule has 0 N–H and O–H groups in total. The molecular weight excluding hydrogens is 424 g/mol. The molecule has 0 unspecified atom stereocenters. The minimum absolute atomic E-state index is 0.0395. The van der Waals surface area contributed by atoms with E-state index in [1.54, 1.807) is 0 Å². The molecule has 0 fully saturated rings. The lowest BCUT2D eigenvalue weighted by molar-refractivity contribution is 0.102. The van der Waals surface area contributed by atoms with Crippen LogP contribution in [0.4, 0.5) is 0 Å². The second kappa shape index (κ2) is 9.85. The van der Waals surface area contributed by atoms with E-state index in [0.717, 1.165) is 39.1 Å². The Labute approximate surface area is 199 Å². The van der Waals surface area contributed by atoms with E-state index in [9.17, 15) is 10.1 Å². The first-order valence-electron chi connectivity index (χ1n) is 10.8. The van der Waals surface area contributed by atoms with E-state index in [0.29, 0.717) is 10.6 Å². The Bertz CT molecular complexity index is 1360. The molecule has 0 bridgehead atoms. The summed E-state index contributed by atoms with van der Waals surface area (Å²) in [6.45, 7) is 6.03. The van der Waals surface area contributed by atoms with Gasteiger partial charge in [-0.15, -0.1) is 0 Å². The van der Waals surface area contributed by atoms with Gasteiger partial charge in [0.15, 0.2) is 5.78 Å². The first-order valence-corrected chi connectivity index (χ1v) is 11.8. The van der Waals surface area contributed by atoms with E-state index in [-0.39, 0.29) is 11.5 Å². The highest BCUT2D eigenvalue weighted by atomic mass is 32.2. The summed E-state index contributed by atoms with van der Waals surface area (Å²) < 4.78 is 0. The van der Waals surface area contributed by atoms with Crippen molar-refractivity contribution in [2.45, 2.75) is 25.8 Å². The molecule has 0 spiro atoms. The van der Waals surface area contributed by atoms with Crippen LogP contribution in [0.15, 0.2) is 83.9 Å². The average molecular weight is 449 g/mol. The molecule has 0 aliphatic carbocycles. The number of thioether (sulfide) groups is 1. The third-order valence-corrected chi connectivity index (χ3v) is 6.71. The van der Waals surface area contributed by atoms with Gasteiger partial charge in [-0.25, -0.2) is 4.98 Å². The molecule has 0 aliphatic rings. The Morgan fingerprint density at radius 2 is 1.45 bits per heavy atom. The Hall–Kier alpha value is -3.68. The van der Waals surface area contributed by atoms with E-state index >= 15 is 0 Å². The van der Waals surface area contributed by atoms with Crippen LogP contribution in [0.25, 0.3) is 22.4 Å². The lowest BCUT2D eigenvalue weighted by Gasteiger charge is -2.13. The maximum Gasteiger partial charge on any atom is 0.173 e. The number of rotatable bonds is 6. The number of nitriles is 1. The van der Waals surface area contributed by atoms with Crippen LogP contribution < -0.4 is 0 Å². The van der Waals surface area contributed by atoms with Gasteiger partial charge in [0.25, 0.3) is 0 Å². The van der Waals surface area contributed by atoms with E-state index < -0.39 is 0 Å². The number of aryl methyl sites for hydroxylation is 3. The van der Waals surface area contributed by atoms with Crippen molar-refractivity contribution >= 4 is 17.5 Å². The van der Waals surface area contributed by atoms with Crippen molar-refractivity contribution in [2.75, 3.05) is 5.75 Å². The minimum Gasteiger partial charge on any atom is -0.293 e. The summed E-state index contributed by atoms with van der Waals surface area (Å²) in [5.41, 5.74) is 8.00. The maximum absolute atomic E-state index is 13.1. The number of hydrogen-bond acceptors (Lipinski definition) is 4. The van der Waals surface area contributed by atoms with Crippen LogP contribution in [0.3, 0.4) is 0 Å². The summed E-state index contributed by atoms with van der Waals surface area (Å²) in [5, 5.41) is 10.6. The number of carbonyl (C=O) groups excluding carboxylic acids is 1. The van der Waals surface area contributed by atoms with Crippen LogP contribution in [-0.2, 0) is 0 Å². The number of hydrogen-bond donors (Lipinski definition) is 0. The third kappa shape index (κ3) is 4.89. The van der Waals surface area contributed by atoms with Gasteiger partial charge in [-0.2, -0.15) is 5.26 Å². The van der Waals surface area contributed by atoms with Gasteiger partial charge >= 0.3 is 0 Å². The minimum atomic E-state index is 0.0395. The van der Waals surface area contributed by atoms with Gasteiger partial charge in [-0.1, -0.05) is 78.5 Å². The molecule has 0 saturated carbocycles. The summed E-state index contributed by atoms with van der Waals surface area (Å²) in [4.78, 5) is 17.9. The molecule has 4 heteroatoms. The highest BCUT2D eigenvalue weighted by Gasteiger charge is 2.18. The number of Topliss-reactive ketones (excluding diaryl/α,β-unsaturated/α-hetero) is 1. The Balaban J connectivity index is 1.75. The lowest BCUT2D eigenvalue weighted by Crippen LogP contribution is -2.07. The predicted molar refractivity (Wildman–Crippen MR) is 136 cm³/mol. The quantitative estimate of drug-likeness (QED) is 0.231. The smallest absolute Gasteiger partial charge is 0.173 e. The zero-order valence-corrected chi connectivity index (χ0v) is 19.7. The molecule has 3 aromatic carbocycles. The van der Waals surface area contributed by atoms with Crippen molar-refractivity contribution in [3.63, 3.8) is 0 Å². The zero-order valence-electron chi connectivity index (χ0n) is 18.9. The summed E-state index contributed by atoms with van der Waals surface area (Å²) >= 11 is 1.33. The highest BCUT2D eigenvalue weighted by Crippen LogP contribution is 2.34. The zero-order chi connectivity index (χ0) is 23.4. The van der Waals surface area contributed by atoms with Gasteiger partial charge in [-0.05, 0) is 55.2 Å². The monoisotopic (exact) mass is 448 g/mol. The summed E-state index contributed by atoms with van der Waals surface area (Å²) in [7, 11) is 0. The SMILES string of the molecule is Cc1cc(C)c(C(=O)CSc2nc(-c3ccccc3)cc(-c3ccccc3)c2C#N)cc1C. The van der Waals surface area contributed by atoms with Crippen molar-refractivity contribution in [1.82, 2.24) is 4.98 Å². The number of benzene rings is 3. The van der Waals surface area contributed by atoms with E-state index in [1.807, 2.05) is 86.6 Å². The fourth-order valence-electron chi connectivity index (χ4n) is 3.81. The normalized spacial score (nSPS) is 10.6. The first-order chi connectivity index (χ1) is 16.0. The molecule has 0 saturated heterocycles. The molecule has 0 radical (unpaired) electrons. The topological polar surface area (TPSA) is 53.8 Å². The number of aromatic nitrogens is 1. The van der Waals surface area contributed by atoms with Gasteiger partial charge in [0.2, 0.25) is 0 Å². The van der Waals surface area contributed by atoms with Crippen LogP contribution in [0.1, 0.15) is 32.6 Å². The Morgan fingerprint density at radius 1 is 0.848 bits per heavy atom. The largest absolute Gasteiger partial charge is 0.293 e. The first kappa shape index (κ1) is 22.5. The fraction of sp³-hybridized carbons (Fsp3) is 0.138. The fourth-order valence-corrected chi connectivity index (χ4v) is 4.70. The van der Waals surface area contributed by atoms with Gasteiger partial charge in [0.1, 0.15) is 11.1 Å². The molecule has 3 nitrogen and oxygen atoms in total. The number of pyridine rings is 1. The maximum atomic E-state index is 13.1. The van der Waals surface area contributed by atoms with E-state index in [4.69, 9.17) is 4.98 Å². The second-order valence-electron chi connectivity index (χ2n) is 8.04. The van der Waals surface area contributed by atoms with E-state index in [1.165, 1.54) is 17.3 Å². The molecule has 162 valence electrons. The van der Waals surface area contributed by atoms with Crippen molar-refractivity contribution in [3.8, 4) is 28.5 Å². The standard InChI is InChI=1S/C29H24N2OS/c1-19-14-21(3)24(15-20(19)2)28(32)18-33-29-26(17-30)25(22-10-6-4-7-11-22)16-27(31-29)23-12-8-5-9-13-23/h4-16H,18H2,1-3H3. The van der Waals surface area contributed by atoms with Crippen molar-refractivity contribution in [1.29, 1.82) is 5.26 Å². The van der Waals surface area contributed by atoms with Gasteiger partial charge in [-0.3, -0.25) is 4.79 Å². The number of ketones is 1. The number of nitrogens with zero attached hydrogens (tertiary/aromatic N) is 2. The Kier molecular flexibility index (Phi) is 6.72. The molecule has 0 atom stereocenters. The van der Waals surface area contributed by atoms with Crippen molar-refractivity contribution in [3.05, 3.63) is 107 Å². The molecule has 0 amide bonds. The highest BCUT2D eigenvalue weighted by molar-refractivity contribution is 8.00. The van der Waals surface area contributed by atoms with Gasteiger partial charge in [0.05, 0.1) is 17.0 Å². The second-order valence-corrected chi connectivity index (χ2v) is 9.01. The van der Waals surface area contributed by atoms with Crippen LogP contribution in [0.5, 0.6) is 0 Å². The predicted octanol–water partition coefficient (Wildman–Crippen LogP) is 7.19. The average Bonchev–Trinajstić information content (AvgIpc) is 2.85. The lowest BCUT2D eigenvalue weighted by atomic mass is 9.99. The molecule has 0 aliphatic heterocycles. The summed E-state index contributed by atoms with van der Waals surface area (Å²) in [6.07, 6.45) is 0. The third-order valence-electron chi connectivity index (χ3n) is 5.73. The number of carbonyl (C=O) groups is 1. The Morgan fingerprint density at radius 3 is 2.09 bits per heavy atom. The van der Waals surface area contributed by atoms with Crippen molar-refractivity contribution < 1.29 is 4.79 Å². The van der Waals surface area contributed by atoms with Gasteiger partial charge < -0.3 is 0 Å². The van der Waals surface area contributed by atoms with Crippen molar-refractivity contribution in [2.24, 2.45) is 0 Å². The molecule has 4 rings (SSSR count). The molecule has 33 heavy (non-hydrogen) atoms. The molecule has 1 aromatic heterocycles. The van der Waals surface area contributed by atoms with Crippen LogP contribution >= 0.6 is 11.8 Å². The van der Waals surface area contributed by atoms with Crippen LogP contribution in [0.2, 0.25) is 0 Å².